The van der Waals surface area contributed by atoms with Crippen LogP contribution in [0, 0.1) is 0 Å². The Balaban J connectivity index is 2.25. The van der Waals surface area contributed by atoms with Crippen LogP contribution in [0.1, 0.15) is 29.3 Å². The molecule has 0 heterocycles. The van der Waals surface area contributed by atoms with Crippen molar-refractivity contribution in [1.82, 2.24) is 0 Å². The maximum absolute atomic E-state index is 12.3. The molecule has 2 aromatic carbocycles. The highest BCUT2D eigenvalue weighted by atomic mass is 16.5. The lowest BCUT2D eigenvalue weighted by molar-refractivity contribution is 0.101. The zero-order chi connectivity index (χ0) is 16.1. The van der Waals surface area contributed by atoms with Crippen LogP contribution in [0.3, 0.4) is 0 Å². The number of phenols is 2. The van der Waals surface area contributed by atoms with Gasteiger partial charge in [-0.25, -0.2) is 0 Å². The summed E-state index contributed by atoms with van der Waals surface area (Å²) >= 11 is 0. The Labute approximate surface area is 128 Å². The predicted molar refractivity (Wildman–Crippen MR) is 81.4 cm³/mol. The molecule has 0 saturated carbocycles. The summed E-state index contributed by atoms with van der Waals surface area (Å²) in [5.74, 6) is -1.41. The molecule has 0 aromatic heterocycles. The number of carbonyl (C=O) groups is 1. The molecule has 116 valence electrons. The number of aromatic hydroxyl groups is 2. The average Bonchev–Trinajstić information content (AvgIpc) is 2.56. The number of ketones is 1. The van der Waals surface area contributed by atoms with Gasteiger partial charge in [-0.05, 0) is 18.6 Å². The fourth-order valence-electron chi connectivity index (χ4n) is 1.91. The van der Waals surface area contributed by atoms with Crippen LogP contribution in [0.5, 0.6) is 17.2 Å². The Morgan fingerprint density at radius 1 is 1.09 bits per heavy atom. The van der Waals surface area contributed by atoms with Crippen LogP contribution in [0.4, 0.5) is 0 Å². The van der Waals surface area contributed by atoms with E-state index in [1.54, 1.807) is 37.3 Å². The van der Waals surface area contributed by atoms with E-state index in [1.807, 2.05) is 0 Å². The molecule has 3 N–H and O–H groups in total. The number of phenolic OH excluding ortho intramolecular Hbond substituents is 2. The maximum atomic E-state index is 12.3. The van der Waals surface area contributed by atoms with Gasteiger partial charge in [-0.1, -0.05) is 37.3 Å². The number of aliphatic hydroxyl groups excluding tert-OH is 1. The third-order valence-electron chi connectivity index (χ3n) is 3.30. The summed E-state index contributed by atoms with van der Waals surface area (Å²) in [5, 5.41) is 29.4. The Morgan fingerprint density at radius 2 is 1.77 bits per heavy atom. The molecule has 0 spiro atoms. The molecular formula is C17H18O5. The summed E-state index contributed by atoms with van der Waals surface area (Å²) in [4.78, 5) is 12.3. The molecule has 0 saturated heterocycles. The highest BCUT2D eigenvalue weighted by molar-refractivity contribution is 6.11. The first kappa shape index (κ1) is 15.9. The SMILES string of the molecule is CCC(O)COc1ccc(C(=O)c2ccccc2)c(O)c1O. The zero-order valence-electron chi connectivity index (χ0n) is 12.2. The van der Waals surface area contributed by atoms with Crippen molar-refractivity contribution in [2.24, 2.45) is 0 Å². The number of hydrogen-bond donors (Lipinski definition) is 3. The molecule has 5 heteroatoms. The van der Waals surface area contributed by atoms with Crippen molar-refractivity contribution in [3.63, 3.8) is 0 Å². The van der Waals surface area contributed by atoms with Gasteiger partial charge in [-0.3, -0.25) is 4.79 Å². The van der Waals surface area contributed by atoms with E-state index in [0.717, 1.165) is 0 Å². The van der Waals surface area contributed by atoms with Gasteiger partial charge in [-0.2, -0.15) is 0 Å². The first-order chi connectivity index (χ1) is 10.5. The molecule has 0 amide bonds. The fraction of sp³-hybridized carbons (Fsp3) is 0.235. The Hall–Kier alpha value is -2.53. The molecule has 1 unspecified atom stereocenters. The van der Waals surface area contributed by atoms with Gasteiger partial charge in [0.05, 0.1) is 11.7 Å². The van der Waals surface area contributed by atoms with Gasteiger partial charge in [0.25, 0.3) is 0 Å². The molecule has 0 bridgehead atoms. The van der Waals surface area contributed by atoms with Gasteiger partial charge in [0.15, 0.2) is 17.3 Å². The molecule has 0 radical (unpaired) electrons. The summed E-state index contributed by atoms with van der Waals surface area (Å²) in [6.45, 7) is 1.79. The number of rotatable bonds is 6. The molecule has 22 heavy (non-hydrogen) atoms. The van der Waals surface area contributed by atoms with Crippen LogP contribution in [0.2, 0.25) is 0 Å². The van der Waals surface area contributed by atoms with Gasteiger partial charge < -0.3 is 20.1 Å². The van der Waals surface area contributed by atoms with Crippen LogP contribution in [-0.2, 0) is 0 Å². The van der Waals surface area contributed by atoms with E-state index in [2.05, 4.69) is 0 Å². The predicted octanol–water partition coefficient (Wildman–Crippen LogP) is 2.48. The summed E-state index contributed by atoms with van der Waals surface area (Å²) in [6.07, 6.45) is -0.149. The molecule has 1 atom stereocenters. The molecule has 0 aliphatic carbocycles. The van der Waals surface area contributed by atoms with E-state index in [0.29, 0.717) is 12.0 Å². The lowest BCUT2D eigenvalue weighted by atomic mass is 10.0. The summed E-state index contributed by atoms with van der Waals surface area (Å²) in [5.41, 5.74) is 0.402. The Bertz CT molecular complexity index is 652. The van der Waals surface area contributed by atoms with E-state index in [4.69, 9.17) is 4.74 Å². The van der Waals surface area contributed by atoms with Gasteiger partial charge in [0, 0.05) is 5.56 Å². The molecule has 0 aliphatic rings. The molecule has 0 aliphatic heterocycles. The van der Waals surface area contributed by atoms with Crippen LogP contribution in [0.25, 0.3) is 0 Å². The fourth-order valence-corrected chi connectivity index (χ4v) is 1.91. The molecule has 5 nitrogen and oxygen atoms in total. The topological polar surface area (TPSA) is 87.0 Å². The number of aliphatic hydroxyl groups is 1. The second kappa shape index (κ2) is 6.95. The summed E-state index contributed by atoms with van der Waals surface area (Å²) < 4.78 is 5.24. The quantitative estimate of drug-likeness (QED) is 0.563. The number of benzene rings is 2. The van der Waals surface area contributed by atoms with Gasteiger partial charge >= 0.3 is 0 Å². The first-order valence-corrected chi connectivity index (χ1v) is 7.00. The van der Waals surface area contributed by atoms with Crippen molar-refractivity contribution in [3.8, 4) is 17.2 Å². The van der Waals surface area contributed by atoms with Crippen molar-refractivity contribution in [1.29, 1.82) is 0 Å². The zero-order valence-corrected chi connectivity index (χ0v) is 12.2. The number of hydrogen-bond acceptors (Lipinski definition) is 5. The van der Waals surface area contributed by atoms with E-state index in [9.17, 15) is 20.1 Å². The van der Waals surface area contributed by atoms with Crippen LogP contribution < -0.4 is 4.74 Å². The highest BCUT2D eigenvalue weighted by Crippen LogP contribution is 2.38. The van der Waals surface area contributed by atoms with E-state index >= 15 is 0 Å². The van der Waals surface area contributed by atoms with Crippen molar-refractivity contribution in [2.45, 2.75) is 19.4 Å². The first-order valence-electron chi connectivity index (χ1n) is 7.00. The maximum Gasteiger partial charge on any atom is 0.201 e. The average molecular weight is 302 g/mol. The number of ether oxygens (including phenoxy) is 1. The van der Waals surface area contributed by atoms with Crippen LogP contribution in [0.15, 0.2) is 42.5 Å². The highest BCUT2D eigenvalue weighted by Gasteiger charge is 2.19. The number of carbonyl (C=O) groups excluding carboxylic acids is 1. The minimum absolute atomic E-state index is 0.00449. The van der Waals surface area contributed by atoms with Crippen LogP contribution >= 0.6 is 0 Å². The molecular weight excluding hydrogens is 284 g/mol. The minimum Gasteiger partial charge on any atom is -0.504 e. The second-order valence-electron chi connectivity index (χ2n) is 4.88. The molecule has 2 rings (SSSR count). The lowest BCUT2D eigenvalue weighted by Gasteiger charge is -2.13. The summed E-state index contributed by atoms with van der Waals surface area (Å²) in [6, 6.07) is 11.2. The van der Waals surface area contributed by atoms with Crippen molar-refractivity contribution < 1.29 is 24.9 Å². The normalized spacial score (nSPS) is 11.9. The van der Waals surface area contributed by atoms with Gasteiger partial charge in [0.2, 0.25) is 5.75 Å². The smallest absolute Gasteiger partial charge is 0.201 e. The molecule has 0 fully saturated rings. The minimum atomic E-state index is -0.660. The van der Waals surface area contributed by atoms with E-state index in [-0.39, 0.29) is 17.9 Å². The van der Waals surface area contributed by atoms with E-state index in [1.165, 1.54) is 12.1 Å². The van der Waals surface area contributed by atoms with Crippen molar-refractivity contribution in [2.75, 3.05) is 6.61 Å². The second-order valence-corrected chi connectivity index (χ2v) is 4.88. The van der Waals surface area contributed by atoms with Gasteiger partial charge in [-0.15, -0.1) is 0 Å². The third-order valence-corrected chi connectivity index (χ3v) is 3.30. The Kier molecular flexibility index (Phi) is 5.01. The van der Waals surface area contributed by atoms with Gasteiger partial charge in [0.1, 0.15) is 6.61 Å². The van der Waals surface area contributed by atoms with Crippen molar-refractivity contribution in [3.05, 3.63) is 53.6 Å². The van der Waals surface area contributed by atoms with Crippen molar-refractivity contribution >= 4 is 5.78 Å². The largest absolute Gasteiger partial charge is 0.504 e. The molecule has 2 aromatic rings. The Morgan fingerprint density at radius 3 is 2.41 bits per heavy atom. The van der Waals surface area contributed by atoms with Crippen LogP contribution in [-0.4, -0.2) is 33.8 Å². The third kappa shape index (κ3) is 3.38. The lowest BCUT2D eigenvalue weighted by Crippen LogP contribution is -2.16. The summed E-state index contributed by atoms with van der Waals surface area (Å²) in [7, 11) is 0. The monoisotopic (exact) mass is 302 g/mol. The standard InChI is InChI=1S/C17H18O5/c1-2-12(18)10-22-14-9-8-13(16(20)17(14)21)15(19)11-6-4-3-5-7-11/h3-9,12,18,20-21H,2,10H2,1H3. The van der Waals surface area contributed by atoms with E-state index < -0.39 is 23.4 Å².